The molecule has 2 aromatic heterocycles. The zero-order chi connectivity index (χ0) is 43.6. The molecule has 8 aromatic carbocycles. The topological polar surface area (TPSA) is 52.6 Å². The molecule has 0 saturated heterocycles. The summed E-state index contributed by atoms with van der Waals surface area (Å²) in [5.41, 5.74) is 7.98. The van der Waals surface area contributed by atoms with Crippen LogP contribution in [0.25, 0.3) is 66.1 Å². The van der Waals surface area contributed by atoms with E-state index in [4.69, 9.17) is 60.0 Å². The maximum atomic E-state index is 11.7. The Morgan fingerprint density at radius 2 is 0.841 bits per heavy atom. The fraction of sp³-hybridized carbons (Fsp3) is 0.0364. The van der Waals surface area contributed by atoms with Gasteiger partial charge >= 0.3 is 5.97 Å². The van der Waals surface area contributed by atoms with Crippen LogP contribution in [0.3, 0.4) is 0 Å². The number of hydrogen-bond donors (Lipinski definition) is 0. The van der Waals surface area contributed by atoms with Crippen molar-refractivity contribution in [3.63, 3.8) is 0 Å². The molecule has 10 rings (SSSR count). The fourth-order valence-electron chi connectivity index (χ4n) is 7.10. The standard InChI is InChI=1S/C29H18Cl2O2.C26H14Cl2O2/c1-19-15-25-17-24(10-4-22-7-13-28(31)14-8-22)29(33-20(2)32)18-26(25)16-23(19)9-3-21-5-11-27(30)12-6-21;27-21-5-1-15(2-6-21)23-13-19-9-17-12-26-20(10-18(17)11-25(19)29-23)14-24(30-26)16-3-7-22(28)8-4-16/h5-8,11-18H,1-2H3;1-14H. The average molecular weight is 899 g/mol. The highest BCUT2D eigenvalue weighted by Crippen LogP contribution is 2.36. The number of fused-ring (bicyclic) bond motifs is 4. The molecule has 0 unspecified atom stereocenters. The number of furan rings is 2. The number of halogens is 4. The molecule has 0 radical (unpaired) electrons. The Bertz CT molecular complexity index is 3300. The van der Waals surface area contributed by atoms with Crippen molar-refractivity contribution in [1.82, 2.24) is 0 Å². The third kappa shape index (κ3) is 9.62. The highest BCUT2D eigenvalue weighted by atomic mass is 35.5. The quantitative estimate of drug-likeness (QED) is 0.101. The average Bonchev–Trinajstić information content (AvgIpc) is 3.89. The molecule has 0 bridgehead atoms. The van der Waals surface area contributed by atoms with Crippen LogP contribution in [0, 0.1) is 30.6 Å². The van der Waals surface area contributed by atoms with Crippen LogP contribution in [0.1, 0.15) is 34.7 Å². The molecule has 2 heterocycles. The van der Waals surface area contributed by atoms with Crippen molar-refractivity contribution in [2.75, 3.05) is 0 Å². The minimum atomic E-state index is -0.404. The first kappa shape index (κ1) is 41.5. The molecule has 0 saturated carbocycles. The smallest absolute Gasteiger partial charge is 0.308 e. The number of aryl methyl sites for hydroxylation is 1. The summed E-state index contributed by atoms with van der Waals surface area (Å²) >= 11 is 23.9. The summed E-state index contributed by atoms with van der Waals surface area (Å²) in [7, 11) is 0. The van der Waals surface area contributed by atoms with Gasteiger partial charge in [-0.15, -0.1) is 0 Å². The number of hydrogen-bond acceptors (Lipinski definition) is 4. The van der Waals surface area contributed by atoms with Gasteiger partial charge < -0.3 is 13.6 Å². The van der Waals surface area contributed by atoms with E-state index in [2.05, 4.69) is 66.1 Å². The largest absolute Gasteiger partial charge is 0.456 e. The van der Waals surface area contributed by atoms with E-state index in [1.807, 2.05) is 110 Å². The van der Waals surface area contributed by atoms with E-state index in [-0.39, 0.29) is 0 Å². The van der Waals surface area contributed by atoms with Gasteiger partial charge in [-0.1, -0.05) is 76.2 Å². The number of carbonyl (C=O) groups is 1. The van der Waals surface area contributed by atoms with E-state index in [1.165, 1.54) is 6.92 Å². The third-order valence-electron chi connectivity index (χ3n) is 10.3. The van der Waals surface area contributed by atoms with Crippen LogP contribution in [-0.4, -0.2) is 5.97 Å². The third-order valence-corrected chi connectivity index (χ3v) is 11.3. The molecule has 304 valence electrons. The number of ether oxygens (including phenoxy) is 1. The van der Waals surface area contributed by atoms with Gasteiger partial charge in [0.2, 0.25) is 0 Å². The summed E-state index contributed by atoms with van der Waals surface area (Å²) in [4.78, 5) is 11.7. The Hall–Kier alpha value is -6.89. The van der Waals surface area contributed by atoms with E-state index in [0.717, 1.165) is 88.4 Å². The van der Waals surface area contributed by atoms with E-state index < -0.39 is 5.97 Å². The van der Waals surface area contributed by atoms with Gasteiger partial charge in [0.1, 0.15) is 28.4 Å². The summed E-state index contributed by atoms with van der Waals surface area (Å²) < 4.78 is 17.7. The number of esters is 1. The summed E-state index contributed by atoms with van der Waals surface area (Å²) in [5, 5.41) is 8.96. The van der Waals surface area contributed by atoms with Crippen molar-refractivity contribution in [1.29, 1.82) is 0 Å². The fourth-order valence-corrected chi connectivity index (χ4v) is 7.60. The van der Waals surface area contributed by atoms with Crippen LogP contribution in [0.15, 0.2) is 167 Å². The number of carbonyl (C=O) groups excluding carboxylic acids is 1. The Kier molecular flexibility index (Phi) is 11.7. The van der Waals surface area contributed by atoms with Gasteiger partial charge in [-0.3, -0.25) is 4.79 Å². The van der Waals surface area contributed by atoms with Gasteiger partial charge in [0.25, 0.3) is 0 Å². The Morgan fingerprint density at radius 3 is 1.30 bits per heavy atom. The summed E-state index contributed by atoms with van der Waals surface area (Å²) in [5.74, 6) is 14.3. The first-order valence-electron chi connectivity index (χ1n) is 19.7. The molecule has 0 aliphatic rings. The highest BCUT2D eigenvalue weighted by Gasteiger charge is 2.13. The minimum absolute atomic E-state index is 0.404. The van der Waals surface area contributed by atoms with Gasteiger partial charge in [0.15, 0.2) is 0 Å². The maximum absolute atomic E-state index is 11.7. The van der Waals surface area contributed by atoms with Crippen LogP contribution < -0.4 is 4.74 Å². The molecule has 0 amide bonds. The molecule has 8 heteroatoms. The second kappa shape index (κ2) is 17.8. The molecule has 63 heavy (non-hydrogen) atoms. The van der Waals surface area contributed by atoms with Gasteiger partial charge in [-0.25, -0.2) is 0 Å². The number of rotatable bonds is 3. The molecule has 0 spiro atoms. The minimum Gasteiger partial charge on any atom is -0.456 e. The second-order valence-electron chi connectivity index (χ2n) is 14.8. The highest BCUT2D eigenvalue weighted by molar-refractivity contribution is 6.31. The summed E-state index contributed by atoms with van der Waals surface area (Å²) in [6, 6.07) is 50.4. The molecule has 0 aliphatic carbocycles. The molecular weight excluding hydrogens is 866 g/mol. The van der Waals surface area contributed by atoms with Crippen molar-refractivity contribution in [2.24, 2.45) is 0 Å². The summed E-state index contributed by atoms with van der Waals surface area (Å²) in [6.45, 7) is 3.39. The van der Waals surface area contributed by atoms with Crippen LogP contribution in [-0.2, 0) is 4.79 Å². The predicted molar refractivity (Wildman–Crippen MR) is 259 cm³/mol. The molecule has 0 atom stereocenters. The van der Waals surface area contributed by atoms with Crippen molar-refractivity contribution >= 4 is 95.9 Å². The zero-order valence-electron chi connectivity index (χ0n) is 33.7. The molecule has 4 nitrogen and oxygen atoms in total. The summed E-state index contributed by atoms with van der Waals surface area (Å²) in [6.07, 6.45) is 0. The monoisotopic (exact) mass is 896 g/mol. The van der Waals surface area contributed by atoms with Crippen molar-refractivity contribution in [3.05, 3.63) is 206 Å². The first-order chi connectivity index (χ1) is 30.5. The van der Waals surface area contributed by atoms with Crippen molar-refractivity contribution < 1.29 is 18.4 Å². The van der Waals surface area contributed by atoms with E-state index in [9.17, 15) is 4.79 Å². The van der Waals surface area contributed by atoms with Crippen LogP contribution in [0.5, 0.6) is 5.75 Å². The SMILES string of the molecule is CC(=O)Oc1cc2cc(C#Cc3ccc(Cl)cc3)c(C)cc2cc1C#Cc1ccc(Cl)cc1.Clc1ccc(-c2cc3cc4cc5oc(-c6ccc(Cl)cc6)cc5cc4cc3o2)cc1. The van der Waals surface area contributed by atoms with Crippen LogP contribution in [0.4, 0.5) is 0 Å². The Morgan fingerprint density at radius 1 is 0.444 bits per heavy atom. The van der Waals surface area contributed by atoms with Gasteiger partial charge in [0, 0.05) is 65.6 Å². The van der Waals surface area contributed by atoms with Crippen molar-refractivity contribution in [2.45, 2.75) is 13.8 Å². The van der Waals surface area contributed by atoms with Crippen LogP contribution in [0.2, 0.25) is 20.1 Å². The van der Waals surface area contributed by atoms with E-state index in [0.29, 0.717) is 31.4 Å². The predicted octanol–water partition coefficient (Wildman–Crippen LogP) is 16.2. The molecule has 10 aromatic rings. The Balaban J connectivity index is 0.000000161. The maximum Gasteiger partial charge on any atom is 0.308 e. The first-order valence-corrected chi connectivity index (χ1v) is 21.3. The van der Waals surface area contributed by atoms with E-state index in [1.54, 1.807) is 12.1 Å². The van der Waals surface area contributed by atoms with Gasteiger partial charge in [-0.2, -0.15) is 0 Å². The van der Waals surface area contributed by atoms with Crippen molar-refractivity contribution in [3.8, 4) is 52.1 Å². The van der Waals surface area contributed by atoms with Crippen LogP contribution >= 0.6 is 46.4 Å². The lowest BCUT2D eigenvalue weighted by Crippen LogP contribution is -2.03. The lowest BCUT2D eigenvalue weighted by Gasteiger charge is -2.09. The molecule has 0 aliphatic heterocycles. The molecular formula is C55H32Cl4O4. The lowest BCUT2D eigenvalue weighted by atomic mass is 9.99. The van der Waals surface area contributed by atoms with E-state index >= 15 is 0 Å². The molecule has 0 N–H and O–H groups in total. The number of benzene rings is 8. The molecule has 0 fully saturated rings. The lowest BCUT2D eigenvalue weighted by molar-refractivity contribution is -0.131. The van der Waals surface area contributed by atoms with Gasteiger partial charge in [0.05, 0.1) is 5.56 Å². The zero-order valence-corrected chi connectivity index (χ0v) is 36.7. The van der Waals surface area contributed by atoms with Gasteiger partial charge in [-0.05, 0) is 186 Å². The normalized spacial score (nSPS) is 10.8. The Labute approximate surface area is 383 Å². The second-order valence-corrected chi connectivity index (χ2v) is 16.6.